The number of fused-ring (bicyclic) bond motifs is 1. The molecule has 3 aromatic rings. The minimum Gasteiger partial charge on any atom is -0.508 e. The van der Waals surface area contributed by atoms with Crippen molar-refractivity contribution < 1.29 is 23.4 Å². The molecule has 0 aliphatic rings. The third-order valence-electron chi connectivity index (χ3n) is 3.06. The van der Waals surface area contributed by atoms with Gasteiger partial charge in [-0.05, 0) is 18.2 Å². The standard InChI is InChI=1S/C15H8BrF2NO3/c1-6(16)9-4-7(20)5-10-14(9)22-15(19-10)8-2-3-11(21)13(18)12(8)17/h2-5,20-21H,1H2. The number of benzene rings is 2. The molecule has 1 heterocycles. The van der Waals surface area contributed by atoms with Crippen molar-refractivity contribution in [2.75, 3.05) is 0 Å². The van der Waals surface area contributed by atoms with Gasteiger partial charge in [-0.25, -0.2) is 9.37 Å². The fourth-order valence-electron chi connectivity index (χ4n) is 2.04. The van der Waals surface area contributed by atoms with E-state index in [1.165, 1.54) is 12.1 Å². The van der Waals surface area contributed by atoms with Gasteiger partial charge < -0.3 is 14.6 Å². The van der Waals surface area contributed by atoms with E-state index in [1.807, 2.05) is 0 Å². The summed E-state index contributed by atoms with van der Waals surface area (Å²) in [6.45, 7) is 3.69. The van der Waals surface area contributed by atoms with Gasteiger partial charge in [0.1, 0.15) is 11.3 Å². The molecule has 0 aliphatic heterocycles. The van der Waals surface area contributed by atoms with E-state index < -0.39 is 17.4 Å². The molecule has 4 nitrogen and oxygen atoms in total. The Labute approximate surface area is 131 Å². The molecule has 7 heteroatoms. The number of rotatable bonds is 2. The van der Waals surface area contributed by atoms with Crippen LogP contribution in [0.5, 0.6) is 11.5 Å². The van der Waals surface area contributed by atoms with E-state index in [9.17, 15) is 13.9 Å². The van der Waals surface area contributed by atoms with Crippen LogP contribution in [-0.4, -0.2) is 15.2 Å². The zero-order chi connectivity index (χ0) is 16.0. The molecule has 0 amide bonds. The number of hydrogen-bond donors (Lipinski definition) is 2. The normalized spacial score (nSPS) is 11.0. The van der Waals surface area contributed by atoms with Crippen molar-refractivity contribution in [1.29, 1.82) is 0 Å². The number of halogens is 3. The van der Waals surface area contributed by atoms with Gasteiger partial charge in [-0.1, -0.05) is 22.5 Å². The first-order chi connectivity index (χ1) is 10.4. The molecule has 2 aromatic carbocycles. The van der Waals surface area contributed by atoms with Gasteiger partial charge in [-0.2, -0.15) is 4.39 Å². The predicted molar refractivity (Wildman–Crippen MR) is 80.7 cm³/mol. The van der Waals surface area contributed by atoms with Crippen molar-refractivity contribution in [1.82, 2.24) is 4.98 Å². The minimum absolute atomic E-state index is 0.0692. The summed E-state index contributed by atoms with van der Waals surface area (Å²) < 4.78 is 33.3. The first kappa shape index (κ1) is 14.5. The average molecular weight is 368 g/mol. The maximum Gasteiger partial charge on any atom is 0.230 e. The van der Waals surface area contributed by atoms with Gasteiger partial charge in [0.2, 0.25) is 11.7 Å². The van der Waals surface area contributed by atoms with Crippen LogP contribution in [0, 0.1) is 11.6 Å². The highest BCUT2D eigenvalue weighted by Gasteiger charge is 2.20. The summed E-state index contributed by atoms with van der Waals surface area (Å²) >= 11 is 3.18. The molecule has 112 valence electrons. The summed E-state index contributed by atoms with van der Waals surface area (Å²) in [6.07, 6.45) is 0. The first-order valence-electron chi connectivity index (χ1n) is 6.04. The molecule has 2 N–H and O–H groups in total. The minimum atomic E-state index is -1.38. The van der Waals surface area contributed by atoms with Crippen molar-refractivity contribution in [3.05, 3.63) is 48.0 Å². The summed E-state index contributed by atoms with van der Waals surface area (Å²) in [5.74, 6) is -3.69. The van der Waals surface area contributed by atoms with Crippen molar-refractivity contribution in [3.63, 3.8) is 0 Å². The van der Waals surface area contributed by atoms with Gasteiger partial charge in [0.25, 0.3) is 0 Å². The summed E-state index contributed by atoms with van der Waals surface area (Å²) in [6, 6.07) is 4.89. The highest BCUT2D eigenvalue weighted by Crippen LogP contribution is 2.36. The number of oxazole rings is 1. The fraction of sp³-hybridized carbons (Fsp3) is 0. The van der Waals surface area contributed by atoms with Crippen LogP contribution < -0.4 is 0 Å². The second-order valence-corrected chi connectivity index (χ2v) is 5.48. The topological polar surface area (TPSA) is 66.5 Å². The second kappa shape index (κ2) is 5.10. The van der Waals surface area contributed by atoms with Crippen LogP contribution in [0.3, 0.4) is 0 Å². The van der Waals surface area contributed by atoms with Gasteiger partial charge in [-0.3, -0.25) is 0 Å². The lowest BCUT2D eigenvalue weighted by Crippen LogP contribution is -1.90. The Hall–Kier alpha value is -2.41. The van der Waals surface area contributed by atoms with Crippen molar-refractivity contribution in [2.24, 2.45) is 0 Å². The number of aromatic nitrogens is 1. The van der Waals surface area contributed by atoms with E-state index in [4.69, 9.17) is 9.52 Å². The van der Waals surface area contributed by atoms with Crippen LogP contribution in [-0.2, 0) is 0 Å². The molecule has 0 spiro atoms. The van der Waals surface area contributed by atoms with Crippen molar-refractivity contribution in [3.8, 4) is 23.0 Å². The molecule has 3 rings (SSSR count). The number of phenols is 2. The van der Waals surface area contributed by atoms with Crippen LogP contribution in [0.15, 0.2) is 35.3 Å². The molecular weight excluding hydrogens is 360 g/mol. The zero-order valence-corrected chi connectivity index (χ0v) is 12.5. The van der Waals surface area contributed by atoms with Crippen molar-refractivity contribution >= 4 is 31.5 Å². The molecule has 0 atom stereocenters. The molecule has 0 fully saturated rings. The Morgan fingerprint density at radius 2 is 1.91 bits per heavy atom. The Kier molecular flexibility index (Phi) is 3.37. The summed E-state index contributed by atoms with van der Waals surface area (Å²) in [5, 5.41) is 18.8. The summed E-state index contributed by atoms with van der Waals surface area (Å²) in [7, 11) is 0. The molecule has 0 saturated heterocycles. The van der Waals surface area contributed by atoms with Gasteiger partial charge in [0, 0.05) is 16.1 Å². The number of phenolic OH excluding ortho intramolecular Hbond substituents is 2. The molecular formula is C15H8BrF2NO3. The van der Waals surface area contributed by atoms with Crippen LogP contribution in [0.4, 0.5) is 8.78 Å². The highest BCUT2D eigenvalue weighted by molar-refractivity contribution is 9.15. The Balaban J connectivity index is 2.28. The predicted octanol–water partition coefficient (Wildman–Crippen LogP) is 4.55. The molecule has 0 unspecified atom stereocenters. The number of nitrogens with zero attached hydrogens (tertiary/aromatic N) is 1. The van der Waals surface area contributed by atoms with Crippen LogP contribution in [0.1, 0.15) is 5.56 Å². The number of aromatic hydroxyl groups is 2. The maximum atomic E-state index is 13.9. The zero-order valence-electron chi connectivity index (χ0n) is 10.9. The summed E-state index contributed by atoms with van der Waals surface area (Å²) in [5.41, 5.74) is 0.728. The molecule has 22 heavy (non-hydrogen) atoms. The Bertz CT molecular complexity index is 921. The summed E-state index contributed by atoms with van der Waals surface area (Å²) in [4.78, 5) is 4.04. The lowest BCUT2D eigenvalue weighted by atomic mass is 10.2. The molecule has 0 bridgehead atoms. The van der Waals surface area contributed by atoms with Gasteiger partial charge in [0.05, 0.1) is 5.56 Å². The highest BCUT2D eigenvalue weighted by atomic mass is 79.9. The quantitative estimate of drug-likeness (QED) is 0.697. The van der Waals surface area contributed by atoms with Crippen LogP contribution in [0.2, 0.25) is 0 Å². The lowest BCUT2D eigenvalue weighted by Gasteiger charge is -2.01. The Morgan fingerprint density at radius 3 is 2.59 bits per heavy atom. The first-order valence-corrected chi connectivity index (χ1v) is 6.83. The SMILES string of the molecule is C=C(Br)c1cc(O)cc2nc(-c3ccc(O)c(F)c3F)oc12. The van der Waals surface area contributed by atoms with Crippen molar-refractivity contribution in [2.45, 2.75) is 0 Å². The van der Waals surface area contributed by atoms with Crippen LogP contribution in [0.25, 0.3) is 27.0 Å². The van der Waals surface area contributed by atoms with Gasteiger partial charge >= 0.3 is 0 Å². The van der Waals surface area contributed by atoms with Gasteiger partial charge in [0.15, 0.2) is 17.1 Å². The van der Waals surface area contributed by atoms with E-state index in [1.54, 1.807) is 0 Å². The van der Waals surface area contributed by atoms with E-state index in [0.717, 1.165) is 12.1 Å². The van der Waals surface area contributed by atoms with E-state index >= 15 is 0 Å². The molecule has 1 aromatic heterocycles. The monoisotopic (exact) mass is 367 g/mol. The fourth-order valence-corrected chi connectivity index (χ4v) is 2.33. The second-order valence-electron chi connectivity index (χ2n) is 4.53. The van der Waals surface area contributed by atoms with Gasteiger partial charge in [-0.15, -0.1) is 0 Å². The lowest BCUT2D eigenvalue weighted by molar-refractivity contribution is 0.407. The molecule has 0 aliphatic carbocycles. The third kappa shape index (κ3) is 2.23. The average Bonchev–Trinajstić information content (AvgIpc) is 2.87. The molecule has 0 saturated carbocycles. The molecule has 0 radical (unpaired) electrons. The van der Waals surface area contributed by atoms with E-state index in [2.05, 4.69) is 27.5 Å². The smallest absolute Gasteiger partial charge is 0.230 e. The van der Waals surface area contributed by atoms with E-state index in [-0.39, 0.29) is 28.3 Å². The maximum absolute atomic E-state index is 13.9. The van der Waals surface area contributed by atoms with Crippen LogP contribution >= 0.6 is 15.9 Å². The largest absolute Gasteiger partial charge is 0.508 e. The Morgan fingerprint density at radius 1 is 1.18 bits per heavy atom. The van der Waals surface area contributed by atoms with E-state index in [0.29, 0.717) is 10.0 Å². The number of hydrogen-bond acceptors (Lipinski definition) is 4. The third-order valence-corrected chi connectivity index (χ3v) is 3.49.